The number of benzene rings is 1. The first-order valence-electron chi connectivity index (χ1n) is 8.85. The molecule has 140 valence electrons. The third kappa shape index (κ3) is 3.60. The third-order valence-electron chi connectivity index (χ3n) is 4.35. The molecule has 0 saturated heterocycles. The van der Waals surface area contributed by atoms with E-state index in [0.717, 1.165) is 16.8 Å². The van der Waals surface area contributed by atoms with E-state index >= 15 is 0 Å². The van der Waals surface area contributed by atoms with Crippen molar-refractivity contribution in [3.63, 3.8) is 0 Å². The maximum atomic E-state index is 12.8. The molecule has 4 rings (SSSR count). The largest absolute Gasteiger partial charge is 0.378 e. The van der Waals surface area contributed by atoms with Crippen LogP contribution in [0.2, 0.25) is 0 Å². The Kier molecular flexibility index (Phi) is 5.07. The molecular formula is C21H19N5O2. The standard InChI is InChI=1S/C21H19N5O2/c1-28-14-19-17(21(27)24-12-15-6-5-9-22-11-15)13-23-20-10-18(25-26(19)20)16-7-3-2-4-8-16/h2-11,13H,12,14H2,1H3,(H,24,27). The van der Waals surface area contributed by atoms with Crippen LogP contribution in [0.5, 0.6) is 0 Å². The molecule has 4 aromatic rings. The van der Waals surface area contributed by atoms with Crippen molar-refractivity contribution < 1.29 is 9.53 Å². The Labute approximate surface area is 162 Å². The van der Waals surface area contributed by atoms with Crippen molar-refractivity contribution in [3.8, 4) is 11.3 Å². The van der Waals surface area contributed by atoms with Gasteiger partial charge in [0.25, 0.3) is 5.91 Å². The zero-order valence-electron chi connectivity index (χ0n) is 15.4. The van der Waals surface area contributed by atoms with Gasteiger partial charge in [-0.2, -0.15) is 5.10 Å². The summed E-state index contributed by atoms with van der Waals surface area (Å²) >= 11 is 0. The first-order valence-corrected chi connectivity index (χ1v) is 8.85. The minimum atomic E-state index is -0.234. The Morgan fingerprint density at radius 3 is 2.75 bits per heavy atom. The number of carbonyl (C=O) groups is 1. The third-order valence-corrected chi connectivity index (χ3v) is 4.35. The van der Waals surface area contributed by atoms with Crippen molar-refractivity contribution in [3.05, 3.63) is 83.9 Å². The number of fused-ring (bicyclic) bond motifs is 1. The molecule has 0 saturated carbocycles. The summed E-state index contributed by atoms with van der Waals surface area (Å²) in [5, 5.41) is 7.55. The van der Waals surface area contributed by atoms with Crippen LogP contribution in [-0.4, -0.2) is 32.6 Å². The second-order valence-corrected chi connectivity index (χ2v) is 6.26. The lowest BCUT2D eigenvalue weighted by molar-refractivity contribution is 0.0944. The van der Waals surface area contributed by atoms with Crippen LogP contribution in [0.3, 0.4) is 0 Å². The highest BCUT2D eigenvalue weighted by Gasteiger charge is 2.18. The smallest absolute Gasteiger partial charge is 0.255 e. The van der Waals surface area contributed by atoms with E-state index in [-0.39, 0.29) is 12.5 Å². The first kappa shape index (κ1) is 17.8. The van der Waals surface area contributed by atoms with E-state index in [4.69, 9.17) is 4.74 Å². The molecule has 3 heterocycles. The molecule has 7 heteroatoms. The van der Waals surface area contributed by atoms with E-state index in [9.17, 15) is 4.79 Å². The first-order chi connectivity index (χ1) is 13.8. The van der Waals surface area contributed by atoms with E-state index in [0.29, 0.717) is 23.4 Å². The molecule has 28 heavy (non-hydrogen) atoms. The molecule has 0 spiro atoms. The van der Waals surface area contributed by atoms with Crippen LogP contribution in [0.15, 0.2) is 67.1 Å². The number of aromatic nitrogens is 4. The van der Waals surface area contributed by atoms with Crippen LogP contribution < -0.4 is 5.32 Å². The molecule has 0 aliphatic heterocycles. The lowest BCUT2D eigenvalue weighted by Crippen LogP contribution is -2.25. The Morgan fingerprint density at radius 2 is 2.00 bits per heavy atom. The number of hydrogen-bond donors (Lipinski definition) is 1. The van der Waals surface area contributed by atoms with Gasteiger partial charge in [-0.15, -0.1) is 0 Å². The minimum Gasteiger partial charge on any atom is -0.378 e. The molecule has 3 aromatic heterocycles. The van der Waals surface area contributed by atoms with E-state index in [1.54, 1.807) is 30.2 Å². The second-order valence-electron chi connectivity index (χ2n) is 6.26. The molecule has 0 radical (unpaired) electrons. The van der Waals surface area contributed by atoms with Gasteiger partial charge >= 0.3 is 0 Å². The fraction of sp³-hybridized carbons (Fsp3) is 0.143. The highest BCUT2D eigenvalue weighted by molar-refractivity contribution is 5.95. The highest BCUT2D eigenvalue weighted by Crippen LogP contribution is 2.21. The van der Waals surface area contributed by atoms with Crippen LogP contribution in [0, 0.1) is 0 Å². The number of amides is 1. The monoisotopic (exact) mass is 373 g/mol. The van der Waals surface area contributed by atoms with Gasteiger partial charge < -0.3 is 10.1 Å². The molecule has 0 atom stereocenters. The van der Waals surface area contributed by atoms with Gasteiger partial charge in [0.2, 0.25) is 0 Å². The van der Waals surface area contributed by atoms with Gasteiger partial charge in [-0.3, -0.25) is 9.78 Å². The van der Waals surface area contributed by atoms with Gasteiger partial charge in [0, 0.05) is 43.9 Å². The number of nitrogens with zero attached hydrogens (tertiary/aromatic N) is 4. The van der Waals surface area contributed by atoms with E-state index in [1.807, 2.05) is 48.5 Å². The molecule has 0 unspecified atom stereocenters. The van der Waals surface area contributed by atoms with Crippen molar-refractivity contribution in [1.29, 1.82) is 0 Å². The minimum absolute atomic E-state index is 0.234. The quantitative estimate of drug-likeness (QED) is 0.562. The van der Waals surface area contributed by atoms with Gasteiger partial charge in [-0.1, -0.05) is 36.4 Å². The SMILES string of the molecule is COCc1c(C(=O)NCc2cccnc2)cnc2cc(-c3ccccc3)nn12. The molecule has 0 fully saturated rings. The fourth-order valence-electron chi connectivity index (χ4n) is 2.98. The summed E-state index contributed by atoms with van der Waals surface area (Å²) in [4.78, 5) is 21.2. The van der Waals surface area contributed by atoms with Crippen LogP contribution in [-0.2, 0) is 17.9 Å². The number of pyridine rings is 1. The maximum absolute atomic E-state index is 12.8. The molecule has 0 bridgehead atoms. The average Bonchev–Trinajstić information content (AvgIpc) is 3.19. The number of hydrogen-bond acceptors (Lipinski definition) is 5. The molecule has 1 N–H and O–H groups in total. The van der Waals surface area contributed by atoms with Gasteiger partial charge in [0.05, 0.1) is 23.6 Å². The zero-order valence-corrected chi connectivity index (χ0v) is 15.4. The normalized spacial score (nSPS) is 10.9. The van der Waals surface area contributed by atoms with E-state index < -0.39 is 0 Å². The molecule has 0 aliphatic rings. The lowest BCUT2D eigenvalue weighted by Gasteiger charge is -2.11. The number of rotatable bonds is 6. The molecule has 1 amide bonds. The van der Waals surface area contributed by atoms with Crippen molar-refractivity contribution in [2.75, 3.05) is 7.11 Å². The summed E-state index contributed by atoms with van der Waals surface area (Å²) in [5.74, 6) is -0.234. The van der Waals surface area contributed by atoms with E-state index in [2.05, 4.69) is 20.4 Å². The summed E-state index contributed by atoms with van der Waals surface area (Å²) in [5.41, 5.74) is 4.44. The summed E-state index contributed by atoms with van der Waals surface area (Å²) < 4.78 is 7.00. The lowest BCUT2D eigenvalue weighted by atomic mass is 10.2. The summed E-state index contributed by atoms with van der Waals surface area (Å²) in [6.45, 7) is 0.621. The summed E-state index contributed by atoms with van der Waals surface area (Å²) in [6, 6.07) is 15.5. The predicted molar refractivity (Wildman–Crippen MR) is 105 cm³/mol. The Morgan fingerprint density at radius 1 is 1.14 bits per heavy atom. The number of methoxy groups -OCH3 is 1. The molecule has 0 aliphatic carbocycles. The molecule has 7 nitrogen and oxygen atoms in total. The van der Waals surface area contributed by atoms with Gasteiger partial charge in [0.15, 0.2) is 5.65 Å². The van der Waals surface area contributed by atoms with Crippen molar-refractivity contribution in [2.24, 2.45) is 0 Å². The summed E-state index contributed by atoms with van der Waals surface area (Å²) in [7, 11) is 1.59. The Hall–Kier alpha value is -3.58. The van der Waals surface area contributed by atoms with Crippen LogP contribution in [0.4, 0.5) is 0 Å². The van der Waals surface area contributed by atoms with Gasteiger partial charge in [-0.25, -0.2) is 9.50 Å². The van der Waals surface area contributed by atoms with Crippen LogP contribution in [0.25, 0.3) is 16.9 Å². The van der Waals surface area contributed by atoms with Crippen molar-refractivity contribution in [2.45, 2.75) is 13.2 Å². The molecule has 1 aromatic carbocycles. The average molecular weight is 373 g/mol. The van der Waals surface area contributed by atoms with E-state index in [1.165, 1.54) is 0 Å². The van der Waals surface area contributed by atoms with Crippen LogP contribution >= 0.6 is 0 Å². The highest BCUT2D eigenvalue weighted by atomic mass is 16.5. The fourth-order valence-corrected chi connectivity index (χ4v) is 2.98. The zero-order chi connectivity index (χ0) is 19.3. The van der Waals surface area contributed by atoms with Crippen molar-refractivity contribution >= 4 is 11.6 Å². The van der Waals surface area contributed by atoms with Crippen LogP contribution in [0.1, 0.15) is 21.6 Å². The summed E-state index contributed by atoms with van der Waals surface area (Å²) in [6.07, 6.45) is 4.98. The van der Waals surface area contributed by atoms with Gasteiger partial charge in [0.1, 0.15) is 0 Å². The predicted octanol–water partition coefficient (Wildman–Crippen LogP) is 2.87. The number of ether oxygens (including phenoxy) is 1. The van der Waals surface area contributed by atoms with Crippen molar-refractivity contribution in [1.82, 2.24) is 24.9 Å². The number of nitrogens with one attached hydrogen (secondary N) is 1. The van der Waals surface area contributed by atoms with Gasteiger partial charge in [-0.05, 0) is 11.6 Å². The Balaban J connectivity index is 1.67. The molecular weight excluding hydrogens is 354 g/mol. The topological polar surface area (TPSA) is 81.4 Å². The Bertz CT molecular complexity index is 1090. The maximum Gasteiger partial charge on any atom is 0.255 e. The second kappa shape index (κ2) is 7.98. The number of carbonyl (C=O) groups excluding carboxylic acids is 1.